The zero-order chi connectivity index (χ0) is 18.5. The molecular formula is C17H19N3O5S. The van der Waals surface area contributed by atoms with Crippen LogP contribution in [0.2, 0.25) is 0 Å². The van der Waals surface area contributed by atoms with Crippen molar-refractivity contribution in [3.05, 3.63) is 34.6 Å². The second-order valence-corrected chi connectivity index (χ2v) is 6.60. The van der Waals surface area contributed by atoms with Crippen LogP contribution in [0.25, 0.3) is 10.9 Å². The summed E-state index contributed by atoms with van der Waals surface area (Å²) < 4.78 is 11.2. The second kappa shape index (κ2) is 8.33. The first-order chi connectivity index (χ1) is 12.6. The zero-order valence-electron chi connectivity index (χ0n) is 14.3. The Bertz CT molecular complexity index is 876. The van der Waals surface area contributed by atoms with Crippen molar-refractivity contribution in [3.63, 3.8) is 0 Å². The average molecular weight is 377 g/mol. The molecule has 0 bridgehead atoms. The first-order valence-electron chi connectivity index (χ1n) is 8.15. The van der Waals surface area contributed by atoms with Crippen molar-refractivity contribution < 1.29 is 19.1 Å². The normalized spacial score (nSPS) is 14.4. The molecule has 2 aromatic rings. The summed E-state index contributed by atoms with van der Waals surface area (Å²) in [4.78, 5) is 43.0. The Morgan fingerprint density at radius 3 is 2.73 bits per heavy atom. The summed E-state index contributed by atoms with van der Waals surface area (Å²) in [5, 5.41) is 0.737. The van der Waals surface area contributed by atoms with Gasteiger partial charge in [-0.25, -0.2) is 4.98 Å². The van der Waals surface area contributed by atoms with Crippen LogP contribution in [0, 0.1) is 0 Å². The molecule has 0 radical (unpaired) electrons. The van der Waals surface area contributed by atoms with Crippen LogP contribution in [0.4, 0.5) is 0 Å². The maximum atomic E-state index is 12.7. The molecule has 8 nitrogen and oxygen atoms in total. The van der Waals surface area contributed by atoms with E-state index in [-0.39, 0.29) is 23.8 Å². The summed E-state index contributed by atoms with van der Waals surface area (Å²) in [7, 11) is 1.26. The lowest BCUT2D eigenvalue weighted by atomic mass is 10.2. The summed E-state index contributed by atoms with van der Waals surface area (Å²) in [5.74, 6) is -0.470. The standard InChI is InChI=1S/C17H19N3O5S/c1-24-15(22)10-20-16(23)12-4-2-3-5-13(12)18-17(20)26-11-14(21)19-6-8-25-9-7-19/h2-5H,6-11H2,1H3. The van der Waals surface area contributed by atoms with Crippen LogP contribution in [0.15, 0.2) is 34.2 Å². The molecule has 1 saturated heterocycles. The monoisotopic (exact) mass is 377 g/mol. The van der Waals surface area contributed by atoms with Gasteiger partial charge in [0.15, 0.2) is 5.16 Å². The number of aromatic nitrogens is 2. The molecule has 0 N–H and O–H groups in total. The molecule has 2 heterocycles. The molecule has 1 fully saturated rings. The number of morpholine rings is 1. The number of rotatable bonds is 5. The molecule has 0 atom stereocenters. The number of carbonyl (C=O) groups is 2. The molecule has 0 aliphatic carbocycles. The van der Waals surface area contributed by atoms with Gasteiger partial charge in [0, 0.05) is 13.1 Å². The highest BCUT2D eigenvalue weighted by Crippen LogP contribution is 2.18. The van der Waals surface area contributed by atoms with E-state index in [2.05, 4.69) is 9.72 Å². The number of benzene rings is 1. The Kier molecular flexibility index (Phi) is 5.89. The molecule has 1 aromatic carbocycles. The van der Waals surface area contributed by atoms with E-state index in [1.807, 2.05) is 0 Å². The molecule has 0 spiro atoms. The Labute approximate surface area is 154 Å². The van der Waals surface area contributed by atoms with Crippen LogP contribution in [0.1, 0.15) is 0 Å². The third-order valence-electron chi connectivity index (χ3n) is 4.03. The van der Waals surface area contributed by atoms with Crippen molar-refractivity contribution in [2.75, 3.05) is 39.2 Å². The highest BCUT2D eigenvalue weighted by atomic mass is 32.2. The SMILES string of the molecule is COC(=O)Cn1c(SCC(=O)N2CCOCC2)nc2ccccc2c1=O. The van der Waals surface area contributed by atoms with Gasteiger partial charge in [-0.3, -0.25) is 19.0 Å². The van der Waals surface area contributed by atoms with Crippen molar-refractivity contribution in [3.8, 4) is 0 Å². The van der Waals surface area contributed by atoms with Crippen LogP contribution in [-0.4, -0.2) is 65.5 Å². The molecule has 1 aliphatic heterocycles. The lowest BCUT2D eigenvalue weighted by Crippen LogP contribution is -2.41. The predicted molar refractivity (Wildman–Crippen MR) is 96.1 cm³/mol. The zero-order valence-corrected chi connectivity index (χ0v) is 15.2. The Morgan fingerprint density at radius 1 is 1.27 bits per heavy atom. The smallest absolute Gasteiger partial charge is 0.325 e. The fourth-order valence-corrected chi connectivity index (χ4v) is 3.52. The highest BCUT2D eigenvalue weighted by molar-refractivity contribution is 7.99. The lowest BCUT2D eigenvalue weighted by molar-refractivity contribution is -0.141. The van der Waals surface area contributed by atoms with Crippen molar-refractivity contribution in [1.29, 1.82) is 0 Å². The van der Waals surface area contributed by atoms with Gasteiger partial charge in [0.2, 0.25) is 5.91 Å². The van der Waals surface area contributed by atoms with Crippen LogP contribution < -0.4 is 5.56 Å². The minimum atomic E-state index is -0.550. The third-order valence-corrected chi connectivity index (χ3v) is 4.99. The summed E-state index contributed by atoms with van der Waals surface area (Å²) in [5.41, 5.74) is 0.197. The molecular weight excluding hydrogens is 358 g/mol. The van der Waals surface area contributed by atoms with E-state index in [9.17, 15) is 14.4 Å². The summed E-state index contributed by atoms with van der Waals surface area (Å²) in [6.07, 6.45) is 0. The number of amides is 1. The summed E-state index contributed by atoms with van der Waals surface area (Å²) in [6, 6.07) is 6.91. The van der Waals surface area contributed by atoms with Crippen molar-refractivity contribution in [2.45, 2.75) is 11.7 Å². The van der Waals surface area contributed by atoms with Gasteiger partial charge >= 0.3 is 5.97 Å². The maximum Gasteiger partial charge on any atom is 0.325 e. The van der Waals surface area contributed by atoms with Crippen molar-refractivity contribution in [1.82, 2.24) is 14.5 Å². The van der Waals surface area contributed by atoms with Gasteiger partial charge < -0.3 is 14.4 Å². The van der Waals surface area contributed by atoms with Crippen LogP contribution in [-0.2, 0) is 25.6 Å². The Morgan fingerprint density at radius 2 is 2.00 bits per heavy atom. The van der Waals surface area contributed by atoms with E-state index >= 15 is 0 Å². The molecule has 0 saturated carbocycles. The number of hydrogen-bond acceptors (Lipinski definition) is 7. The topological polar surface area (TPSA) is 90.7 Å². The number of ether oxygens (including phenoxy) is 2. The summed E-state index contributed by atoms with van der Waals surface area (Å²) in [6.45, 7) is 1.91. The van der Waals surface area contributed by atoms with Crippen molar-refractivity contribution >= 4 is 34.5 Å². The van der Waals surface area contributed by atoms with E-state index in [0.717, 1.165) is 11.8 Å². The number of hydrogen-bond donors (Lipinski definition) is 0. The maximum absolute atomic E-state index is 12.7. The van der Waals surface area contributed by atoms with Gasteiger partial charge in [0.05, 0.1) is 37.0 Å². The van der Waals surface area contributed by atoms with E-state index < -0.39 is 5.97 Å². The number of carbonyl (C=O) groups excluding carboxylic acids is 2. The molecule has 9 heteroatoms. The molecule has 3 rings (SSSR count). The molecule has 1 amide bonds. The van der Waals surface area contributed by atoms with E-state index in [4.69, 9.17) is 4.74 Å². The third kappa shape index (κ3) is 4.05. The Balaban J connectivity index is 1.87. The van der Waals surface area contributed by atoms with Crippen LogP contribution >= 0.6 is 11.8 Å². The molecule has 26 heavy (non-hydrogen) atoms. The van der Waals surface area contributed by atoms with E-state index in [1.165, 1.54) is 11.7 Å². The van der Waals surface area contributed by atoms with Gasteiger partial charge in [-0.1, -0.05) is 23.9 Å². The van der Waals surface area contributed by atoms with E-state index in [0.29, 0.717) is 42.4 Å². The number of thioether (sulfide) groups is 1. The fraction of sp³-hybridized carbons (Fsp3) is 0.412. The average Bonchev–Trinajstić information content (AvgIpc) is 2.69. The molecule has 1 aromatic heterocycles. The largest absolute Gasteiger partial charge is 0.468 e. The second-order valence-electron chi connectivity index (χ2n) is 5.66. The predicted octanol–water partition coefficient (Wildman–Crippen LogP) is 0.520. The van der Waals surface area contributed by atoms with Gasteiger partial charge in [-0.2, -0.15) is 0 Å². The van der Waals surface area contributed by atoms with Crippen molar-refractivity contribution in [2.24, 2.45) is 0 Å². The summed E-state index contributed by atoms with van der Waals surface area (Å²) >= 11 is 1.14. The molecule has 138 valence electrons. The lowest BCUT2D eigenvalue weighted by Gasteiger charge is -2.26. The Hall–Kier alpha value is -2.39. The first-order valence-corrected chi connectivity index (χ1v) is 9.13. The number of nitrogens with zero attached hydrogens (tertiary/aromatic N) is 3. The van der Waals surface area contributed by atoms with Gasteiger partial charge in [-0.05, 0) is 12.1 Å². The minimum absolute atomic E-state index is 0.0506. The molecule has 0 unspecified atom stereocenters. The number of fused-ring (bicyclic) bond motifs is 1. The first kappa shape index (κ1) is 18.4. The number of para-hydroxylation sites is 1. The van der Waals surface area contributed by atoms with Crippen LogP contribution in [0.3, 0.4) is 0 Å². The quantitative estimate of drug-likeness (QED) is 0.426. The van der Waals surface area contributed by atoms with Gasteiger partial charge in [0.1, 0.15) is 6.54 Å². The van der Waals surface area contributed by atoms with Gasteiger partial charge in [0.25, 0.3) is 5.56 Å². The highest BCUT2D eigenvalue weighted by Gasteiger charge is 2.20. The number of esters is 1. The number of methoxy groups -OCH3 is 1. The van der Waals surface area contributed by atoms with E-state index in [1.54, 1.807) is 29.2 Å². The molecule has 1 aliphatic rings. The van der Waals surface area contributed by atoms with Gasteiger partial charge in [-0.15, -0.1) is 0 Å². The van der Waals surface area contributed by atoms with Crippen LogP contribution in [0.5, 0.6) is 0 Å². The minimum Gasteiger partial charge on any atom is -0.468 e. The fourth-order valence-electron chi connectivity index (χ4n) is 2.62.